The molecule has 6 heteroatoms. The van der Waals surface area contributed by atoms with Crippen LogP contribution in [-0.4, -0.2) is 33.0 Å². The molecule has 1 aromatic rings. The monoisotopic (exact) mass is 297 g/mol. The fourth-order valence-corrected chi connectivity index (χ4v) is 2.97. The fraction of sp³-hybridized carbons (Fsp3) is 0.429. The van der Waals surface area contributed by atoms with Gasteiger partial charge in [0, 0.05) is 6.04 Å². The van der Waals surface area contributed by atoms with E-state index in [2.05, 4.69) is 5.32 Å². The first-order valence-corrected chi connectivity index (χ1v) is 7.77. The van der Waals surface area contributed by atoms with Crippen LogP contribution in [0.3, 0.4) is 0 Å². The quantitative estimate of drug-likeness (QED) is 0.804. The van der Waals surface area contributed by atoms with Gasteiger partial charge >= 0.3 is 5.97 Å². The molecular weight excluding hydrogens is 278 g/mol. The second-order valence-corrected chi connectivity index (χ2v) is 5.97. The predicted molar refractivity (Wildman–Crippen MR) is 77.2 cm³/mol. The first-order valence-electron chi connectivity index (χ1n) is 6.45. The Morgan fingerprint density at radius 2 is 2.00 bits per heavy atom. The van der Waals surface area contributed by atoms with Gasteiger partial charge in [0.25, 0.3) is 0 Å². The molecular formula is C14H19NO4S. The van der Waals surface area contributed by atoms with Crippen molar-refractivity contribution in [2.45, 2.75) is 37.6 Å². The van der Waals surface area contributed by atoms with Crippen LogP contribution in [0.25, 0.3) is 0 Å². The van der Waals surface area contributed by atoms with Gasteiger partial charge in [0.15, 0.2) is 0 Å². The molecule has 2 atom stereocenters. The van der Waals surface area contributed by atoms with Crippen molar-refractivity contribution in [3.63, 3.8) is 0 Å². The summed E-state index contributed by atoms with van der Waals surface area (Å²) in [5.74, 6) is -1.70. The average molecular weight is 297 g/mol. The average Bonchev–Trinajstić information content (AvgIpc) is 2.38. The van der Waals surface area contributed by atoms with Gasteiger partial charge in [-0.2, -0.15) is 0 Å². The molecule has 2 N–H and O–H groups in total. The molecule has 1 aromatic carbocycles. The van der Waals surface area contributed by atoms with Crippen molar-refractivity contribution >= 4 is 22.7 Å². The maximum Gasteiger partial charge on any atom is 0.336 e. The second-order valence-electron chi connectivity index (χ2n) is 4.55. The molecule has 0 saturated heterocycles. The van der Waals surface area contributed by atoms with Crippen LogP contribution in [0.2, 0.25) is 0 Å². The highest BCUT2D eigenvalue weighted by Crippen LogP contribution is 2.13. The molecule has 0 aliphatic heterocycles. The maximum absolute atomic E-state index is 12.1. The summed E-state index contributed by atoms with van der Waals surface area (Å²) in [5.41, 5.74) is -0.0276. The Morgan fingerprint density at radius 1 is 1.35 bits per heavy atom. The Hall–Kier alpha value is -1.69. The van der Waals surface area contributed by atoms with Crippen molar-refractivity contribution in [3.8, 4) is 0 Å². The van der Waals surface area contributed by atoms with Crippen molar-refractivity contribution in [2.75, 3.05) is 5.75 Å². The molecule has 0 aromatic heterocycles. The Bertz CT molecular complexity index is 516. The summed E-state index contributed by atoms with van der Waals surface area (Å²) in [6.45, 7) is 3.90. The van der Waals surface area contributed by atoms with E-state index in [9.17, 15) is 13.8 Å². The number of carbonyl (C=O) groups is 2. The molecule has 1 amide bonds. The van der Waals surface area contributed by atoms with E-state index in [-0.39, 0.29) is 28.2 Å². The number of aromatic carboxylic acids is 1. The normalized spacial score (nSPS) is 13.5. The van der Waals surface area contributed by atoms with E-state index in [1.54, 1.807) is 12.1 Å². The number of nitrogens with one attached hydrogen (secondary N) is 1. The lowest BCUT2D eigenvalue weighted by Gasteiger charge is -2.12. The number of rotatable bonds is 7. The predicted octanol–water partition coefficient (Wildman–Crippen LogP) is 1.80. The number of carbonyl (C=O) groups excluding carboxylic acids is 1. The van der Waals surface area contributed by atoms with Crippen molar-refractivity contribution in [1.82, 2.24) is 5.32 Å². The third kappa shape index (κ3) is 4.77. The molecule has 0 saturated carbocycles. The van der Waals surface area contributed by atoms with E-state index < -0.39 is 16.8 Å². The number of benzene rings is 1. The van der Waals surface area contributed by atoms with E-state index >= 15 is 0 Å². The van der Waals surface area contributed by atoms with Crippen LogP contribution >= 0.6 is 0 Å². The minimum absolute atomic E-state index is 0.0271. The third-order valence-corrected chi connectivity index (χ3v) is 4.12. The van der Waals surface area contributed by atoms with Crippen molar-refractivity contribution in [3.05, 3.63) is 29.8 Å². The smallest absolute Gasteiger partial charge is 0.336 e. The van der Waals surface area contributed by atoms with Gasteiger partial charge < -0.3 is 10.4 Å². The molecule has 0 spiro atoms. The van der Waals surface area contributed by atoms with Gasteiger partial charge in [-0.05, 0) is 25.5 Å². The van der Waals surface area contributed by atoms with Crippen LogP contribution < -0.4 is 5.32 Å². The van der Waals surface area contributed by atoms with Gasteiger partial charge in [0.1, 0.15) is 5.75 Å². The molecule has 0 heterocycles. The first-order chi connectivity index (χ1) is 9.45. The van der Waals surface area contributed by atoms with Gasteiger partial charge in [-0.15, -0.1) is 0 Å². The lowest BCUT2D eigenvalue weighted by Crippen LogP contribution is -2.35. The molecule has 20 heavy (non-hydrogen) atoms. The van der Waals surface area contributed by atoms with Gasteiger partial charge in [0.2, 0.25) is 5.91 Å². The van der Waals surface area contributed by atoms with Crippen LogP contribution in [-0.2, 0) is 15.6 Å². The number of carboxylic acids is 1. The van der Waals surface area contributed by atoms with Gasteiger partial charge in [-0.3, -0.25) is 9.00 Å². The van der Waals surface area contributed by atoms with Crippen LogP contribution in [0, 0.1) is 0 Å². The van der Waals surface area contributed by atoms with Gasteiger partial charge in [-0.25, -0.2) is 4.79 Å². The summed E-state index contributed by atoms with van der Waals surface area (Å²) in [6, 6.07) is 6.06. The first kappa shape index (κ1) is 16.4. The zero-order chi connectivity index (χ0) is 15.1. The Balaban J connectivity index is 2.72. The highest BCUT2D eigenvalue weighted by molar-refractivity contribution is 7.85. The molecule has 0 fully saturated rings. The molecule has 5 nitrogen and oxygen atoms in total. The SMILES string of the molecule is CCCC(C)NC(=O)CS(=O)c1ccccc1C(=O)O. The molecule has 2 unspecified atom stereocenters. The second kappa shape index (κ2) is 7.79. The van der Waals surface area contributed by atoms with E-state index in [1.807, 2.05) is 13.8 Å². The Kier molecular flexibility index (Phi) is 6.38. The van der Waals surface area contributed by atoms with Crippen LogP contribution in [0.1, 0.15) is 37.0 Å². The summed E-state index contributed by atoms with van der Waals surface area (Å²) < 4.78 is 12.1. The summed E-state index contributed by atoms with van der Waals surface area (Å²) in [5, 5.41) is 11.8. The van der Waals surface area contributed by atoms with Crippen molar-refractivity contribution in [2.24, 2.45) is 0 Å². The summed E-state index contributed by atoms with van der Waals surface area (Å²) >= 11 is 0. The van der Waals surface area contributed by atoms with E-state index in [0.717, 1.165) is 12.8 Å². The summed E-state index contributed by atoms with van der Waals surface area (Å²) in [7, 11) is -1.66. The molecule has 0 aliphatic rings. The molecule has 1 rings (SSSR count). The maximum atomic E-state index is 12.1. The van der Waals surface area contributed by atoms with E-state index in [1.165, 1.54) is 12.1 Å². The van der Waals surface area contributed by atoms with Crippen molar-refractivity contribution in [1.29, 1.82) is 0 Å². The third-order valence-electron chi connectivity index (χ3n) is 2.75. The fourth-order valence-electron chi connectivity index (χ4n) is 1.86. The zero-order valence-corrected chi connectivity index (χ0v) is 12.4. The minimum atomic E-state index is -1.66. The highest BCUT2D eigenvalue weighted by atomic mass is 32.2. The zero-order valence-electron chi connectivity index (χ0n) is 11.6. The van der Waals surface area contributed by atoms with Crippen LogP contribution in [0.5, 0.6) is 0 Å². The minimum Gasteiger partial charge on any atom is -0.478 e. The van der Waals surface area contributed by atoms with Gasteiger partial charge in [-0.1, -0.05) is 25.5 Å². The highest BCUT2D eigenvalue weighted by Gasteiger charge is 2.17. The molecule has 0 bridgehead atoms. The number of hydrogen-bond acceptors (Lipinski definition) is 3. The summed E-state index contributed by atoms with van der Waals surface area (Å²) in [4.78, 5) is 23.0. The standard InChI is InChI=1S/C14H19NO4S/c1-3-6-10(2)15-13(16)9-20(19)12-8-5-4-7-11(12)14(17)18/h4-5,7-8,10H,3,6,9H2,1-2H3,(H,15,16)(H,17,18). The topological polar surface area (TPSA) is 83.5 Å². The Labute approximate surface area is 120 Å². The van der Waals surface area contributed by atoms with E-state index in [4.69, 9.17) is 5.11 Å². The molecule has 0 radical (unpaired) electrons. The Morgan fingerprint density at radius 3 is 2.60 bits per heavy atom. The molecule has 0 aliphatic carbocycles. The van der Waals surface area contributed by atoms with Gasteiger partial charge in [0.05, 0.1) is 21.3 Å². The van der Waals surface area contributed by atoms with E-state index in [0.29, 0.717) is 0 Å². The summed E-state index contributed by atoms with van der Waals surface area (Å²) in [6.07, 6.45) is 1.80. The molecule has 110 valence electrons. The largest absolute Gasteiger partial charge is 0.478 e. The van der Waals surface area contributed by atoms with Crippen LogP contribution in [0.15, 0.2) is 29.2 Å². The van der Waals surface area contributed by atoms with Crippen LogP contribution in [0.4, 0.5) is 0 Å². The van der Waals surface area contributed by atoms with Crippen molar-refractivity contribution < 1.29 is 18.9 Å². The lowest BCUT2D eigenvalue weighted by molar-refractivity contribution is -0.119. The number of carboxylic acid groups (broad SMARTS) is 1. The number of amides is 1. The number of hydrogen-bond donors (Lipinski definition) is 2. The lowest BCUT2D eigenvalue weighted by atomic mass is 10.2.